The van der Waals surface area contributed by atoms with Gasteiger partial charge in [-0.05, 0) is 24.5 Å². The molecule has 5 heteroatoms. The second kappa shape index (κ2) is 5.57. The summed E-state index contributed by atoms with van der Waals surface area (Å²) in [4.78, 5) is 12.7. The molecule has 0 spiro atoms. The summed E-state index contributed by atoms with van der Waals surface area (Å²) in [5.41, 5.74) is 0.754. The van der Waals surface area contributed by atoms with Gasteiger partial charge in [-0.2, -0.15) is 17.0 Å². The Kier molecular flexibility index (Phi) is 3.50. The summed E-state index contributed by atoms with van der Waals surface area (Å²) in [6, 6.07) is 14.2. The van der Waals surface area contributed by atoms with E-state index in [1.807, 2.05) is 43.3 Å². The number of rotatable bonds is 2. The lowest BCUT2D eigenvalue weighted by atomic mass is 10.0. The number of hydrogen-bond donors (Lipinski definition) is 1. The van der Waals surface area contributed by atoms with Gasteiger partial charge in [0.1, 0.15) is 11.1 Å². The minimum Gasteiger partial charge on any atom is -0.450 e. The Hall–Kier alpha value is -2.45. The normalized spacial score (nSPS) is 20.3. The van der Waals surface area contributed by atoms with Gasteiger partial charge in [0.15, 0.2) is 5.76 Å². The lowest BCUT2D eigenvalue weighted by Gasteiger charge is -2.20. The second-order valence-electron chi connectivity index (χ2n) is 6.17. The van der Waals surface area contributed by atoms with Crippen molar-refractivity contribution in [3.8, 4) is 6.07 Å². The Morgan fingerprint density at radius 1 is 1.29 bits per heavy atom. The third-order valence-electron chi connectivity index (χ3n) is 4.62. The maximum absolute atomic E-state index is 12.7. The monoisotopic (exact) mass is 336 g/mol. The van der Waals surface area contributed by atoms with E-state index in [-0.39, 0.29) is 5.91 Å². The smallest absolute Gasteiger partial charge is 0.288 e. The van der Waals surface area contributed by atoms with Gasteiger partial charge in [0.05, 0.1) is 6.07 Å². The van der Waals surface area contributed by atoms with Gasteiger partial charge in [-0.3, -0.25) is 4.79 Å². The Balaban J connectivity index is 1.79. The molecular formula is C19H16N2O2S. The SMILES string of the molecule is Cc1c(C(=O)NC2(C#N)CCSC2)oc2c1ccc1ccccc12. The van der Waals surface area contributed by atoms with Crippen LogP contribution in [-0.2, 0) is 0 Å². The molecule has 1 unspecified atom stereocenters. The van der Waals surface area contributed by atoms with E-state index in [0.717, 1.165) is 33.1 Å². The van der Waals surface area contributed by atoms with Gasteiger partial charge in [0.2, 0.25) is 0 Å². The molecule has 2 heterocycles. The van der Waals surface area contributed by atoms with E-state index in [0.29, 0.717) is 17.9 Å². The molecule has 2 aromatic carbocycles. The van der Waals surface area contributed by atoms with Crippen LogP contribution < -0.4 is 5.32 Å². The molecule has 1 aliphatic heterocycles. The van der Waals surface area contributed by atoms with Gasteiger partial charge in [-0.25, -0.2) is 0 Å². The number of fused-ring (bicyclic) bond motifs is 3. The highest BCUT2D eigenvalue weighted by molar-refractivity contribution is 7.99. The van der Waals surface area contributed by atoms with E-state index in [1.54, 1.807) is 11.8 Å². The molecule has 1 saturated heterocycles. The molecule has 4 rings (SSSR count). The largest absolute Gasteiger partial charge is 0.450 e. The summed E-state index contributed by atoms with van der Waals surface area (Å²) in [5.74, 6) is 1.50. The van der Waals surface area contributed by atoms with Crippen LogP contribution in [0.15, 0.2) is 40.8 Å². The number of carbonyl (C=O) groups is 1. The quantitative estimate of drug-likeness (QED) is 0.767. The summed E-state index contributed by atoms with van der Waals surface area (Å²) in [7, 11) is 0. The number of nitrogens with zero attached hydrogens (tertiary/aromatic N) is 1. The van der Waals surface area contributed by atoms with Crippen LogP contribution in [0.1, 0.15) is 22.5 Å². The maximum atomic E-state index is 12.7. The highest BCUT2D eigenvalue weighted by Crippen LogP contribution is 2.33. The number of aryl methyl sites for hydroxylation is 1. The second-order valence-corrected chi connectivity index (χ2v) is 7.28. The number of carbonyl (C=O) groups excluding carboxylic acids is 1. The molecule has 24 heavy (non-hydrogen) atoms. The number of nitriles is 1. The molecule has 1 amide bonds. The van der Waals surface area contributed by atoms with Crippen molar-refractivity contribution < 1.29 is 9.21 Å². The van der Waals surface area contributed by atoms with Gasteiger partial charge in [0.25, 0.3) is 5.91 Å². The topological polar surface area (TPSA) is 66.0 Å². The molecule has 1 fully saturated rings. The number of nitrogens with one attached hydrogen (secondary N) is 1. The van der Waals surface area contributed by atoms with Crippen molar-refractivity contribution in [3.63, 3.8) is 0 Å². The van der Waals surface area contributed by atoms with E-state index in [4.69, 9.17) is 4.42 Å². The van der Waals surface area contributed by atoms with Crippen molar-refractivity contribution >= 4 is 39.4 Å². The number of furan rings is 1. The third kappa shape index (κ3) is 2.26. The molecule has 1 N–H and O–H groups in total. The van der Waals surface area contributed by atoms with Crippen LogP contribution in [0.5, 0.6) is 0 Å². The summed E-state index contributed by atoms with van der Waals surface area (Å²) in [6.45, 7) is 1.89. The van der Waals surface area contributed by atoms with E-state index < -0.39 is 5.54 Å². The van der Waals surface area contributed by atoms with Crippen molar-refractivity contribution in [1.29, 1.82) is 5.26 Å². The zero-order valence-corrected chi connectivity index (χ0v) is 14.1. The molecule has 120 valence electrons. The zero-order valence-electron chi connectivity index (χ0n) is 13.3. The Morgan fingerprint density at radius 3 is 2.88 bits per heavy atom. The van der Waals surface area contributed by atoms with E-state index in [2.05, 4.69) is 11.4 Å². The van der Waals surface area contributed by atoms with Crippen LogP contribution in [-0.4, -0.2) is 23.0 Å². The third-order valence-corrected chi connectivity index (χ3v) is 5.81. The summed E-state index contributed by atoms with van der Waals surface area (Å²) < 4.78 is 5.95. The molecule has 1 aromatic heterocycles. The van der Waals surface area contributed by atoms with Gasteiger partial charge in [-0.1, -0.05) is 36.4 Å². The summed E-state index contributed by atoms with van der Waals surface area (Å²) in [5, 5.41) is 15.3. The lowest BCUT2D eigenvalue weighted by molar-refractivity contribution is 0.0899. The molecule has 0 radical (unpaired) electrons. The number of amides is 1. The molecule has 0 bridgehead atoms. The molecule has 0 saturated carbocycles. The average Bonchev–Trinajstić information content (AvgIpc) is 3.20. The summed E-state index contributed by atoms with van der Waals surface area (Å²) >= 11 is 1.69. The molecule has 4 nitrogen and oxygen atoms in total. The minimum atomic E-state index is -0.783. The van der Waals surface area contributed by atoms with Crippen molar-refractivity contribution in [2.24, 2.45) is 0 Å². The first kappa shape index (κ1) is 15.1. The van der Waals surface area contributed by atoms with Crippen LogP contribution in [0.25, 0.3) is 21.7 Å². The van der Waals surface area contributed by atoms with E-state index in [1.165, 1.54) is 0 Å². The predicted octanol–water partition coefficient (Wildman–Crippen LogP) is 4.02. The van der Waals surface area contributed by atoms with Crippen molar-refractivity contribution in [3.05, 3.63) is 47.7 Å². The molecule has 3 aromatic rings. The lowest BCUT2D eigenvalue weighted by Crippen LogP contribution is -2.47. The minimum absolute atomic E-state index is 0.299. The van der Waals surface area contributed by atoms with E-state index in [9.17, 15) is 10.1 Å². The fraction of sp³-hybridized carbons (Fsp3) is 0.263. The van der Waals surface area contributed by atoms with Crippen molar-refractivity contribution in [2.75, 3.05) is 11.5 Å². The number of benzene rings is 2. The highest BCUT2D eigenvalue weighted by Gasteiger charge is 2.37. The first-order valence-corrected chi connectivity index (χ1v) is 9.01. The van der Waals surface area contributed by atoms with Crippen LogP contribution in [0.4, 0.5) is 0 Å². The average molecular weight is 336 g/mol. The van der Waals surface area contributed by atoms with Gasteiger partial charge in [-0.15, -0.1) is 0 Å². The highest BCUT2D eigenvalue weighted by atomic mass is 32.2. The zero-order chi connectivity index (χ0) is 16.7. The van der Waals surface area contributed by atoms with Gasteiger partial charge < -0.3 is 9.73 Å². The molecule has 0 aliphatic carbocycles. The van der Waals surface area contributed by atoms with Gasteiger partial charge in [0, 0.05) is 22.1 Å². The first-order valence-electron chi connectivity index (χ1n) is 7.86. The summed E-state index contributed by atoms with van der Waals surface area (Å²) in [6.07, 6.45) is 0.669. The maximum Gasteiger partial charge on any atom is 0.288 e. The van der Waals surface area contributed by atoms with Crippen molar-refractivity contribution in [1.82, 2.24) is 5.32 Å². The fourth-order valence-corrected chi connectivity index (χ4v) is 4.49. The molecule has 1 aliphatic rings. The molecule has 1 atom stereocenters. The first-order chi connectivity index (χ1) is 11.6. The Labute approximate surface area is 143 Å². The van der Waals surface area contributed by atoms with E-state index >= 15 is 0 Å². The number of thioether (sulfide) groups is 1. The van der Waals surface area contributed by atoms with Crippen LogP contribution in [0.3, 0.4) is 0 Å². The Bertz CT molecular complexity index is 994. The van der Waals surface area contributed by atoms with Crippen LogP contribution >= 0.6 is 11.8 Å². The van der Waals surface area contributed by atoms with Crippen LogP contribution in [0.2, 0.25) is 0 Å². The van der Waals surface area contributed by atoms with Gasteiger partial charge >= 0.3 is 0 Å². The predicted molar refractivity (Wildman–Crippen MR) is 96.2 cm³/mol. The fourth-order valence-electron chi connectivity index (χ4n) is 3.22. The Morgan fingerprint density at radius 2 is 2.12 bits per heavy atom. The standard InChI is InChI=1S/C19H16N2O2S/c1-12-14-7-6-13-4-2-3-5-15(13)17(14)23-16(12)18(22)21-19(10-20)8-9-24-11-19/h2-7H,8-9,11H2,1H3,(H,21,22). The van der Waals surface area contributed by atoms with Crippen molar-refractivity contribution in [2.45, 2.75) is 18.9 Å². The number of hydrogen-bond acceptors (Lipinski definition) is 4. The van der Waals surface area contributed by atoms with Crippen LogP contribution in [0, 0.1) is 18.3 Å². The molecular weight excluding hydrogens is 320 g/mol.